The smallest absolute Gasteiger partial charge is 0.193 e. The van der Waals surface area contributed by atoms with Gasteiger partial charge >= 0.3 is 0 Å². The van der Waals surface area contributed by atoms with Gasteiger partial charge in [-0.05, 0) is 23.1 Å². The lowest BCUT2D eigenvalue weighted by Gasteiger charge is -2.28. The van der Waals surface area contributed by atoms with Crippen LogP contribution in [-0.2, 0) is 12.0 Å². The maximum atomic E-state index is 10.8. The van der Waals surface area contributed by atoms with Gasteiger partial charge in [-0.1, -0.05) is 26.8 Å². The van der Waals surface area contributed by atoms with Crippen LogP contribution >= 0.6 is 0 Å². The molecule has 2 aromatic rings. The third-order valence-electron chi connectivity index (χ3n) is 3.75. The Balaban J connectivity index is 2.55. The molecule has 0 aliphatic heterocycles. The number of guanidine groups is 1. The summed E-state index contributed by atoms with van der Waals surface area (Å²) in [6, 6.07) is 7.20. The van der Waals surface area contributed by atoms with Crippen LogP contribution < -0.4 is 15.4 Å². The number of anilines is 1. The van der Waals surface area contributed by atoms with E-state index < -0.39 is 0 Å². The van der Waals surface area contributed by atoms with Gasteiger partial charge in [0.25, 0.3) is 0 Å². The number of ether oxygens (including phenoxy) is 1. The fourth-order valence-corrected chi connectivity index (χ4v) is 2.46. The maximum Gasteiger partial charge on any atom is 0.193 e. The minimum atomic E-state index is -0.288. The van der Waals surface area contributed by atoms with Gasteiger partial charge < -0.3 is 20.5 Å². The van der Waals surface area contributed by atoms with Crippen molar-refractivity contribution in [2.24, 2.45) is 5.73 Å². The Morgan fingerprint density at radius 2 is 2.08 bits per heavy atom. The van der Waals surface area contributed by atoms with Gasteiger partial charge in [0.2, 0.25) is 0 Å². The fourth-order valence-electron chi connectivity index (χ4n) is 2.46. The molecule has 0 atom stereocenters. The number of hydrogen-bond acceptors (Lipinski definition) is 4. The summed E-state index contributed by atoms with van der Waals surface area (Å²) in [4.78, 5) is 5.61. The molecular formula is C18H24N4O2. The Morgan fingerprint density at radius 1 is 1.38 bits per heavy atom. The first-order chi connectivity index (χ1) is 11.2. The highest BCUT2D eigenvalue weighted by molar-refractivity contribution is 5.94. The molecule has 2 rings (SSSR count). The largest absolute Gasteiger partial charge is 0.505 e. The SMILES string of the molecule is COc1cc(N(Cc2cccnc2)C(=N)N)c(O)c(C(C)(C)C)c1. The van der Waals surface area contributed by atoms with E-state index in [4.69, 9.17) is 15.9 Å². The van der Waals surface area contributed by atoms with Gasteiger partial charge in [0.15, 0.2) is 5.96 Å². The molecule has 6 nitrogen and oxygen atoms in total. The molecule has 0 bridgehead atoms. The second-order valence-electron chi connectivity index (χ2n) is 6.63. The summed E-state index contributed by atoms with van der Waals surface area (Å²) in [6.07, 6.45) is 3.39. The molecule has 1 aromatic carbocycles. The van der Waals surface area contributed by atoms with Gasteiger partial charge in [-0.3, -0.25) is 10.4 Å². The fraction of sp³-hybridized carbons (Fsp3) is 0.333. The standard InChI is InChI=1S/C18H24N4O2/c1-18(2,3)14-8-13(24-4)9-15(16(14)23)22(17(19)20)11-12-6-5-7-21-10-12/h5-10,23H,11H2,1-4H3,(H3,19,20). The van der Waals surface area contributed by atoms with Crippen LogP contribution in [0.5, 0.6) is 11.5 Å². The van der Waals surface area contributed by atoms with Crippen molar-refractivity contribution >= 4 is 11.6 Å². The van der Waals surface area contributed by atoms with Crippen LogP contribution in [0.15, 0.2) is 36.7 Å². The summed E-state index contributed by atoms with van der Waals surface area (Å²) in [5, 5.41) is 18.7. The Bertz CT molecular complexity index is 724. The molecule has 128 valence electrons. The number of pyridine rings is 1. The zero-order chi connectivity index (χ0) is 17.9. The lowest BCUT2D eigenvalue weighted by molar-refractivity contribution is 0.406. The summed E-state index contributed by atoms with van der Waals surface area (Å²) in [5.41, 5.74) is 7.54. The topological polar surface area (TPSA) is 95.5 Å². The third-order valence-corrected chi connectivity index (χ3v) is 3.75. The second kappa shape index (κ2) is 6.78. The molecular weight excluding hydrogens is 304 g/mol. The summed E-state index contributed by atoms with van der Waals surface area (Å²) < 4.78 is 5.36. The average molecular weight is 328 g/mol. The predicted molar refractivity (Wildman–Crippen MR) is 95.7 cm³/mol. The van der Waals surface area contributed by atoms with Crippen molar-refractivity contribution in [2.75, 3.05) is 12.0 Å². The Morgan fingerprint density at radius 3 is 2.58 bits per heavy atom. The first-order valence-electron chi connectivity index (χ1n) is 7.66. The first kappa shape index (κ1) is 17.6. The summed E-state index contributed by atoms with van der Waals surface area (Å²) in [5.74, 6) is 0.537. The zero-order valence-electron chi connectivity index (χ0n) is 14.5. The highest BCUT2D eigenvalue weighted by Crippen LogP contribution is 2.41. The Labute approximate surface area is 142 Å². The molecule has 0 saturated heterocycles. The van der Waals surface area contributed by atoms with Crippen LogP contribution in [0.25, 0.3) is 0 Å². The van der Waals surface area contributed by atoms with Crippen LogP contribution in [0.3, 0.4) is 0 Å². The lowest BCUT2D eigenvalue weighted by Crippen LogP contribution is -2.36. The number of phenols is 1. The predicted octanol–water partition coefficient (Wildman–Crippen LogP) is 2.99. The molecule has 0 saturated carbocycles. The highest BCUT2D eigenvalue weighted by atomic mass is 16.5. The summed E-state index contributed by atoms with van der Waals surface area (Å²) in [7, 11) is 1.57. The van der Waals surface area contributed by atoms with Crippen molar-refractivity contribution in [1.29, 1.82) is 5.41 Å². The summed E-state index contributed by atoms with van der Waals surface area (Å²) in [6.45, 7) is 6.34. The number of aromatic nitrogens is 1. The second-order valence-corrected chi connectivity index (χ2v) is 6.63. The number of aromatic hydroxyl groups is 1. The number of rotatable bonds is 4. The van der Waals surface area contributed by atoms with Crippen LogP contribution in [-0.4, -0.2) is 23.2 Å². The van der Waals surface area contributed by atoms with Crippen molar-refractivity contribution < 1.29 is 9.84 Å². The Kier molecular flexibility index (Phi) is 4.97. The van der Waals surface area contributed by atoms with Crippen LogP contribution in [0.1, 0.15) is 31.9 Å². The molecule has 24 heavy (non-hydrogen) atoms. The van der Waals surface area contributed by atoms with E-state index in [1.807, 2.05) is 32.9 Å². The monoisotopic (exact) mass is 328 g/mol. The van der Waals surface area contributed by atoms with Crippen LogP contribution in [0.4, 0.5) is 5.69 Å². The van der Waals surface area contributed by atoms with Crippen LogP contribution in [0.2, 0.25) is 0 Å². The van der Waals surface area contributed by atoms with E-state index in [-0.39, 0.29) is 17.1 Å². The third kappa shape index (κ3) is 3.76. The van der Waals surface area contributed by atoms with E-state index >= 15 is 0 Å². The molecule has 0 fully saturated rings. The molecule has 0 spiro atoms. The minimum absolute atomic E-state index is 0.0994. The molecule has 0 unspecified atom stereocenters. The molecule has 6 heteroatoms. The van der Waals surface area contributed by atoms with Gasteiger partial charge in [0.1, 0.15) is 11.5 Å². The van der Waals surface area contributed by atoms with E-state index in [1.54, 1.807) is 31.6 Å². The normalized spacial score (nSPS) is 11.2. The van der Waals surface area contributed by atoms with Crippen molar-refractivity contribution in [3.8, 4) is 11.5 Å². The summed E-state index contributed by atoms with van der Waals surface area (Å²) >= 11 is 0. The number of nitrogens with one attached hydrogen (secondary N) is 1. The number of hydrogen-bond donors (Lipinski definition) is 3. The lowest BCUT2D eigenvalue weighted by atomic mass is 9.85. The zero-order valence-corrected chi connectivity index (χ0v) is 14.5. The van der Waals surface area contributed by atoms with E-state index in [1.165, 1.54) is 4.90 Å². The number of nitrogens with two attached hydrogens (primary N) is 1. The van der Waals surface area contributed by atoms with Gasteiger partial charge in [0, 0.05) is 24.0 Å². The van der Waals surface area contributed by atoms with Gasteiger partial charge in [-0.15, -0.1) is 0 Å². The van der Waals surface area contributed by atoms with Gasteiger partial charge in [0.05, 0.1) is 19.3 Å². The first-order valence-corrected chi connectivity index (χ1v) is 7.66. The highest BCUT2D eigenvalue weighted by Gasteiger charge is 2.25. The van der Waals surface area contributed by atoms with Crippen molar-refractivity contribution in [2.45, 2.75) is 32.7 Å². The van der Waals surface area contributed by atoms with E-state index in [2.05, 4.69) is 4.98 Å². The maximum absolute atomic E-state index is 10.8. The quantitative estimate of drug-likeness (QED) is 0.592. The van der Waals surface area contributed by atoms with Crippen LogP contribution in [0, 0.1) is 5.41 Å². The van der Waals surface area contributed by atoms with Gasteiger partial charge in [-0.25, -0.2) is 0 Å². The van der Waals surface area contributed by atoms with E-state index in [9.17, 15) is 5.11 Å². The molecule has 0 aliphatic carbocycles. The van der Waals surface area contributed by atoms with Crippen molar-refractivity contribution in [3.05, 3.63) is 47.8 Å². The number of methoxy groups -OCH3 is 1. The number of benzene rings is 1. The number of phenolic OH excluding ortho intramolecular Hbond substituents is 1. The molecule has 4 N–H and O–H groups in total. The molecule has 1 aromatic heterocycles. The van der Waals surface area contributed by atoms with E-state index in [0.29, 0.717) is 18.0 Å². The van der Waals surface area contributed by atoms with Crippen molar-refractivity contribution in [3.63, 3.8) is 0 Å². The Hall–Kier alpha value is -2.76. The molecule has 1 heterocycles. The molecule has 0 radical (unpaired) electrons. The minimum Gasteiger partial charge on any atom is -0.505 e. The average Bonchev–Trinajstić information content (AvgIpc) is 2.53. The van der Waals surface area contributed by atoms with Gasteiger partial charge in [-0.2, -0.15) is 0 Å². The van der Waals surface area contributed by atoms with E-state index in [0.717, 1.165) is 11.1 Å². The molecule has 0 aliphatic rings. The molecule has 0 amide bonds. The van der Waals surface area contributed by atoms with Crippen molar-refractivity contribution in [1.82, 2.24) is 4.98 Å². The number of nitrogens with zero attached hydrogens (tertiary/aromatic N) is 2.